The average molecular weight is 147 g/mol. The van der Waals surface area contributed by atoms with Gasteiger partial charge in [0, 0.05) is 6.20 Å². The molecule has 0 aromatic carbocycles. The summed E-state index contributed by atoms with van der Waals surface area (Å²) in [4.78, 5) is 4.32. The lowest BCUT2D eigenvalue weighted by molar-refractivity contribution is 0.371. The number of aryl methyl sites for hydroxylation is 1. The first-order chi connectivity index (χ1) is 5.45. The van der Waals surface area contributed by atoms with Crippen molar-refractivity contribution in [1.82, 2.24) is 4.98 Å². The van der Waals surface area contributed by atoms with Gasteiger partial charge in [0.1, 0.15) is 6.10 Å². The van der Waals surface area contributed by atoms with Crippen LogP contribution in [0.15, 0.2) is 18.3 Å². The van der Waals surface area contributed by atoms with Gasteiger partial charge in [0.05, 0.1) is 11.8 Å². The quantitative estimate of drug-likeness (QED) is 0.519. The first-order valence-corrected chi connectivity index (χ1v) is 4.04. The van der Waals surface area contributed by atoms with Crippen LogP contribution in [-0.4, -0.2) is 11.1 Å². The molecule has 2 nitrogen and oxygen atoms in total. The van der Waals surface area contributed by atoms with Crippen molar-refractivity contribution < 1.29 is 4.74 Å². The molecule has 2 atom stereocenters. The van der Waals surface area contributed by atoms with Crippen LogP contribution in [0.4, 0.5) is 0 Å². The minimum absolute atomic E-state index is 0.347. The van der Waals surface area contributed by atoms with E-state index < -0.39 is 0 Å². The van der Waals surface area contributed by atoms with Gasteiger partial charge >= 0.3 is 0 Å². The molecule has 0 N–H and O–H groups in total. The molecule has 3 rings (SSSR count). The third-order valence-electron chi connectivity index (χ3n) is 2.48. The number of nitrogens with zero attached hydrogens (tertiary/aromatic N) is 1. The predicted molar refractivity (Wildman–Crippen MR) is 40.2 cm³/mol. The van der Waals surface area contributed by atoms with Gasteiger partial charge in [-0.05, 0) is 24.5 Å². The zero-order valence-corrected chi connectivity index (χ0v) is 6.16. The van der Waals surface area contributed by atoms with E-state index in [4.69, 9.17) is 4.74 Å². The van der Waals surface area contributed by atoms with Crippen LogP contribution in [0.2, 0.25) is 0 Å². The summed E-state index contributed by atoms with van der Waals surface area (Å²) in [5, 5.41) is 0. The lowest BCUT2D eigenvalue weighted by atomic mass is 9.96. The molecule has 11 heavy (non-hydrogen) atoms. The fourth-order valence-corrected chi connectivity index (χ4v) is 1.82. The zero-order valence-electron chi connectivity index (χ0n) is 6.16. The van der Waals surface area contributed by atoms with E-state index in [1.807, 2.05) is 12.3 Å². The smallest absolute Gasteiger partial charge is 0.126 e. The Kier molecular flexibility index (Phi) is 0.950. The summed E-state index contributed by atoms with van der Waals surface area (Å²) < 4.78 is 5.44. The Morgan fingerprint density at radius 1 is 1.55 bits per heavy atom. The SMILES string of the molecule is c1cnc2c(c1)CC[C@@H]1O[C@H]21. The van der Waals surface area contributed by atoms with Gasteiger partial charge < -0.3 is 4.74 Å². The van der Waals surface area contributed by atoms with E-state index in [0.717, 1.165) is 6.42 Å². The molecule has 1 fully saturated rings. The second kappa shape index (κ2) is 1.83. The van der Waals surface area contributed by atoms with Crippen molar-refractivity contribution in [3.05, 3.63) is 29.6 Å². The number of ether oxygens (including phenoxy) is 1. The molecule has 2 heteroatoms. The van der Waals surface area contributed by atoms with E-state index in [1.165, 1.54) is 17.7 Å². The van der Waals surface area contributed by atoms with Crippen LogP contribution in [0.25, 0.3) is 0 Å². The number of fused-ring (bicyclic) bond motifs is 3. The van der Waals surface area contributed by atoms with Crippen molar-refractivity contribution >= 4 is 0 Å². The summed E-state index contributed by atoms with van der Waals surface area (Å²) in [6.45, 7) is 0. The Balaban J connectivity index is 2.14. The molecule has 0 spiro atoms. The van der Waals surface area contributed by atoms with Gasteiger partial charge in [-0.2, -0.15) is 0 Å². The lowest BCUT2D eigenvalue weighted by Crippen LogP contribution is -2.05. The molecule has 0 saturated carbocycles. The molecule has 56 valence electrons. The van der Waals surface area contributed by atoms with E-state index in [1.54, 1.807) is 0 Å². The van der Waals surface area contributed by atoms with E-state index in [0.29, 0.717) is 12.2 Å². The lowest BCUT2D eigenvalue weighted by Gasteiger charge is -2.08. The van der Waals surface area contributed by atoms with Gasteiger partial charge in [0.25, 0.3) is 0 Å². The Bertz CT molecular complexity index is 297. The molecule has 0 amide bonds. The van der Waals surface area contributed by atoms with E-state index in [9.17, 15) is 0 Å². The van der Waals surface area contributed by atoms with Gasteiger partial charge in [-0.3, -0.25) is 4.98 Å². The van der Waals surface area contributed by atoms with Crippen LogP contribution in [0.5, 0.6) is 0 Å². The number of epoxide rings is 1. The molecule has 1 aromatic heterocycles. The van der Waals surface area contributed by atoms with Crippen LogP contribution in [-0.2, 0) is 11.2 Å². The van der Waals surface area contributed by atoms with Gasteiger partial charge in [-0.15, -0.1) is 0 Å². The van der Waals surface area contributed by atoms with E-state index >= 15 is 0 Å². The third kappa shape index (κ3) is 0.730. The van der Waals surface area contributed by atoms with Crippen molar-refractivity contribution in [3.63, 3.8) is 0 Å². The number of hydrogen-bond acceptors (Lipinski definition) is 2. The highest BCUT2D eigenvalue weighted by Crippen LogP contribution is 2.45. The normalized spacial score (nSPS) is 32.4. The summed E-state index contributed by atoms with van der Waals surface area (Å²) in [5.74, 6) is 0. The van der Waals surface area contributed by atoms with E-state index in [-0.39, 0.29) is 0 Å². The number of aromatic nitrogens is 1. The maximum absolute atomic E-state index is 5.44. The van der Waals surface area contributed by atoms with E-state index in [2.05, 4.69) is 11.1 Å². The molecule has 2 aliphatic rings. The Morgan fingerprint density at radius 3 is 3.55 bits per heavy atom. The van der Waals surface area contributed by atoms with Gasteiger partial charge in [-0.1, -0.05) is 6.07 Å². The highest BCUT2D eigenvalue weighted by molar-refractivity contribution is 5.29. The Morgan fingerprint density at radius 2 is 2.55 bits per heavy atom. The third-order valence-corrected chi connectivity index (χ3v) is 2.48. The van der Waals surface area contributed by atoms with Crippen LogP contribution in [0, 0.1) is 0 Å². The maximum atomic E-state index is 5.44. The fourth-order valence-electron chi connectivity index (χ4n) is 1.82. The van der Waals surface area contributed by atoms with Crippen LogP contribution >= 0.6 is 0 Å². The monoisotopic (exact) mass is 147 g/mol. The summed E-state index contributed by atoms with van der Waals surface area (Å²) in [7, 11) is 0. The molecule has 0 unspecified atom stereocenters. The summed E-state index contributed by atoms with van der Waals surface area (Å²) in [6, 6.07) is 4.15. The minimum Gasteiger partial charge on any atom is -0.363 e. The molecule has 1 aliphatic carbocycles. The van der Waals surface area contributed by atoms with Crippen molar-refractivity contribution in [3.8, 4) is 0 Å². The molecular weight excluding hydrogens is 138 g/mol. The summed E-state index contributed by atoms with van der Waals surface area (Å²) >= 11 is 0. The van der Waals surface area contributed by atoms with Crippen molar-refractivity contribution in [1.29, 1.82) is 0 Å². The second-order valence-electron chi connectivity index (χ2n) is 3.18. The number of hydrogen-bond donors (Lipinski definition) is 0. The highest BCUT2D eigenvalue weighted by Gasteiger charge is 2.44. The number of pyridine rings is 1. The highest BCUT2D eigenvalue weighted by atomic mass is 16.6. The largest absolute Gasteiger partial charge is 0.363 e. The summed E-state index contributed by atoms with van der Waals surface area (Å²) in [6.07, 6.45) is 5.02. The maximum Gasteiger partial charge on any atom is 0.126 e. The minimum atomic E-state index is 0.347. The Hall–Kier alpha value is -0.890. The van der Waals surface area contributed by atoms with Crippen LogP contribution < -0.4 is 0 Å². The van der Waals surface area contributed by atoms with Gasteiger partial charge in [0.15, 0.2) is 0 Å². The first kappa shape index (κ1) is 5.72. The molecule has 1 aliphatic heterocycles. The van der Waals surface area contributed by atoms with Gasteiger partial charge in [0.2, 0.25) is 0 Å². The molecule has 1 aromatic rings. The predicted octanol–water partition coefficient (Wildman–Crippen LogP) is 1.47. The summed E-state index contributed by atoms with van der Waals surface area (Å²) in [5.41, 5.74) is 2.56. The Labute approximate surface area is 65.2 Å². The molecule has 0 radical (unpaired) electrons. The molecule has 0 bridgehead atoms. The zero-order chi connectivity index (χ0) is 7.26. The molecule has 1 saturated heterocycles. The van der Waals surface area contributed by atoms with Crippen molar-refractivity contribution in [2.45, 2.75) is 25.0 Å². The van der Waals surface area contributed by atoms with Crippen molar-refractivity contribution in [2.24, 2.45) is 0 Å². The second-order valence-corrected chi connectivity index (χ2v) is 3.18. The van der Waals surface area contributed by atoms with Crippen molar-refractivity contribution in [2.75, 3.05) is 0 Å². The average Bonchev–Trinajstić information content (AvgIpc) is 2.83. The fraction of sp³-hybridized carbons (Fsp3) is 0.444. The molecular formula is C9H9NO. The van der Waals surface area contributed by atoms with Gasteiger partial charge in [-0.25, -0.2) is 0 Å². The topological polar surface area (TPSA) is 25.4 Å². The van der Waals surface area contributed by atoms with Crippen LogP contribution in [0.3, 0.4) is 0 Å². The number of rotatable bonds is 0. The molecule has 2 heterocycles. The van der Waals surface area contributed by atoms with Crippen LogP contribution in [0.1, 0.15) is 23.8 Å². The standard InChI is InChI=1S/C9H9NO/c1-2-6-3-4-7-9(11-7)8(6)10-5-1/h1-2,5,7,9H,3-4H2/t7-,9-/m0/s1. The first-order valence-electron chi connectivity index (χ1n) is 4.04.